The van der Waals surface area contributed by atoms with Crippen molar-refractivity contribution in [1.29, 1.82) is 0 Å². The molecule has 2 N–H and O–H groups in total. The molecule has 0 amide bonds. The van der Waals surface area contributed by atoms with Gasteiger partial charge in [-0.3, -0.25) is 20.2 Å². The number of benzene rings is 2. The number of nitro benzene ring substituents is 2. The fraction of sp³-hybridized carbons (Fsp3) is 0. The van der Waals surface area contributed by atoms with Crippen LogP contribution in [0.2, 0.25) is 0 Å². The number of carbonyl (C=O) groups is 1. The maximum atomic E-state index is 10.3. The van der Waals surface area contributed by atoms with Crippen LogP contribution >= 0.6 is 0 Å². The van der Waals surface area contributed by atoms with Gasteiger partial charge in [0.2, 0.25) is 0 Å². The Kier molecular flexibility index (Phi) is 5.52. The van der Waals surface area contributed by atoms with Gasteiger partial charge >= 0.3 is 5.97 Å². The SMILES string of the molecule is O=C(O)c1ccc([N+](=O)[O-])cc1.O=[N+]([O-])c1cccc(O)c1. The molecule has 0 atom stereocenters. The first kappa shape index (κ1) is 16.6. The van der Waals surface area contributed by atoms with Crippen molar-refractivity contribution in [2.24, 2.45) is 0 Å². The summed E-state index contributed by atoms with van der Waals surface area (Å²) in [6, 6.07) is 9.92. The van der Waals surface area contributed by atoms with E-state index in [0.29, 0.717) is 0 Å². The molecule has 114 valence electrons. The van der Waals surface area contributed by atoms with Crippen molar-refractivity contribution in [2.75, 3.05) is 0 Å². The topological polar surface area (TPSA) is 144 Å². The highest BCUT2D eigenvalue weighted by atomic mass is 16.6. The van der Waals surface area contributed by atoms with Crippen LogP contribution in [0.1, 0.15) is 10.4 Å². The Hall–Kier alpha value is -3.49. The van der Waals surface area contributed by atoms with Gasteiger partial charge in [0, 0.05) is 18.2 Å². The zero-order chi connectivity index (χ0) is 16.7. The summed E-state index contributed by atoms with van der Waals surface area (Å²) in [6.45, 7) is 0. The summed E-state index contributed by atoms with van der Waals surface area (Å²) in [6.07, 6.45) is 0. The van der Waals surface area contributed by atoms with Crippen molar-refractivity contribution < 1.29 is 24.9 Å². The highest BCUT2D eigenvalue weighted by molar-refractivity contribution is 5.87. The van der Waals surface area contributed by atoms with E-state index in [9.17, 15) is 25.0 Å². The maximum absolute atomic E-state index is 10.3. The molecule has 0 saturated carbocycles. The molecule has 9 heteroatoms. The molecule has 0 aliphatic rings. The van der Waals surface area contributed by atoms with Crippen LogP contribution in [-0.2, 0) is 0 Å². The van der Waals surface area contributed by atoms with E-state index >= 15 is 0 Å². The van der Waals surface area contributed by atoms with Crippen LogP contribution in [0.15, 0.2) is 48.5 Å². The van der Waals surface area contributed by atoms with Crippen LogP contribution in [0.4, 0.5) is 11.4 Å². The fourth-order valence-corrected chi connectivity index (χ4v) is 1.33. The second-order valence-electron chi connectivity index (χ2n) is 3.89. The molecule has 2 aromatic rings. The molecule has 0 saturated heterocycles. The third kappa shape index (κ3) is 4.89. The van der Waals surface area contributed by atoms with Crippen LogP contribution in [0.5, 0.6) is 5.75 Å². The van der Waals surface area contributed by atoms with Crippen molar-refractivity contribution in [1.82, 2.24) is 0 Å². The average Bonchev–Trinajstić information content (AvgIpc) is 2.48. The Bertz CT molecular complexity index is 665. The highest BCUT2D eigenvalue weighted by Gasteiger charge is 2.06. The number of nitrogens with zero attached hydrogens (tertiary/aromatic N) is 2. The number of hydrogen-bond acceptors (Lipinski definition) is 6. The largest absolute Gasteiger partial charge is 0.508 e. The minimum atomic E-state index is -1.09. The number of carboxylic acids is 1. The first-order chi connectivity index (χ1) is 10.3. The van der Waals surface area contributed by atoms with Gasteiger partial charge in [-0.1, -0.05) is 6.07 Å². The lowest BCUT2D eigenvalue weighted by molar-refractivity contribution is -0.385. The van der Waals surface area contributed by atoms with Crippen LogP contribution < -0.4 is 0 Å². The standard InChI is InChI=1S/C7H5NO4.C6H5NO3/c9-7(10)5-1-3-6(4-2-5)8(11)12;8-6-3-1-2-5(4-6)7(9)10/h1-4H,(H,9,10);1-4,8H. The Balaban J connectivity index is 0.000000224. The van der Waals surface area contributed by atoms with E-state index in [-0.39, 0.29) is 22.7 Å². The second kappa shape index (κ2) is 7.33. The molecule has 0 aromatic heterocycles. The maximum Gasteiger partial charge on any atom is 0.335 e. The highest BCUT2D eigenvalue weighted by Crippen LogP contribution is 2.16. The summed E-state index contributed by atoms with van der Waals surface area (Å²) in [4.78, 5) is 29.4. The molecule has 2 rings (SSSR count). The Morgan fingerprint density at radius 2 is 1.45 bits per heavy atom. The second-order valence-corrected chi connectivity index (χ2v) is 3.89. The number of phenolic OH excluding ortho intramolecular Hbond substituents is 1. The first-order valence-electron chi connectivity index (χ1n) is 5.72. The van der Waals surface area contributed by atoms with E-state index in [0.717, 1.165) is 18.2 Å². The summed E-state index contributed by atoms with van der Waals surface area (Å²) < 4.78 is 0. The summed E-state index contributed by atoms with van der Waals surface area (Å²) in [5, 5.41) is 37.4. The van der Waals surface area contributed by atoms with Gasteiger partial charge < -0.3 is 10.2 Å². The molecule has 9 nitrogen and oxygen atoms in total. The summed E-state index contributed by atoms with van der Waals surface area (Å²) in [5.74, 6) is -1.18. The minimum Gasteiger partial charge on any atom is -0.508 e. The third-order valence-electron chi connectivity index (χ3n) is 2.37. The molecule has 0 fully saturated rings. The number of non-ortho nitro benzene ring substituents is 2. The fourth-order valence-electron chi connectivity index (χ4n) is 1.33. The van der Waals surface area contributed by atoms with Crippen molar-refractivity contribution in [2.45, 2.75) is 0 Å². The molecule has 22 heavy (non-hydrogen) atoms. The normalized spacial score (nSPS) is 9.27. The molecule has 0 unspecified atom stereocenters. The summed E-state index contributed by atoms with van der Waals surface area (Å²) in [7, 11) is 0. The number of nitro groups is 2. The molecule has 0 aliphatic heterocycles. The lowest BCUT2D eigenvalue weighted by Crippen LogP contribution is -1.96. The Morgan fingerprint density at radius 1 is 0.909 bits per heavy atom. The van der Waals surface area contributed by atoms with E-state index in [1.54, 1.807) is 0 Å². The monoisotopic (exact) mass is 306 g/mol. The molecular formula is C13H10N2O7. The van der Waals surface area contributed by atoms with E-state index < -0.39 is 15.8 Å². The van der Waals surface area contributed by atoms with Gasteiger partial charge in [0.15, 0.2) is 0 Å². The smallest absolute Gasteiger partial charge is 0.335 e. The van der Waals surface area contributed by atoms with Gasteiger partial charge in [-0.05, 0) is 18.2 Å². The number of carboxylic acid groups (broad SMARTS) is 1. The van der Waals surface area contributed by atoms with Gasteiger partial charge in [0.1, 0.15) is 5.75 Å². The minimum absolute atomic E-state index is 0.0422. The van der Waals surface area contributed by atoms with Crippen LogP contribution in [-0.4, -0.2) is 26.0 Å². The van der Waals surface area contributed by atoms with Crippen molar-refractivity contribution in [3.63, 3.8) is 0 Å². The van der Waals surface area contributed by atoms with E-state index in [1.807, 2.05) is 0 Å². The Labute approximate surface area is 123 Å². The lowest BCUT2D eigenvalue weighted by Gasteiger charge is -1.92. The van der Waals surface area contributed by atoms with Gasteiger partial charge in [-0.2, -0.15) is 0 Å². The summed E-state index contributed by atoms with van der Waals surface area (Å²) in [5.41, 5.74) is -0.166. The number of aromatic hydroxyl groups is 1. The third-order valence-corrected chi connectivity index (χ3v) is 2.37. The molecule has 0 heterocycles. The molecule has 0 bridgehead atoms. The van der Waals surface area contributed by atoms with Crippen molar-refractivity contribution in [3.05, 3.63) is 74.3 Å². The molecule has 0 spiro atoms. The molecule has 0 radical (unpaired) electrons. The van der Waals surface area contributed by atoms with Gasteiger partial charge in [0.25, 0.3) is 11.4 Å². The van der Waals surface area contributed by atoms with Crippen molar-refractivity contribution >= 4 is 17.3 Å². The van der Waals surface area contributed by atoms with Crippen LogP contribution in [0.25, 0.3) is 0 Å². The number of phenols is 1. The van der Waals surface area contributed by atoms with Gasteiger partial charge in [0.05, 0.1) is 21.5 Å². The quantitative estimate of drug-likeness (QED) is 0.654. The van der Waals surface area contributed by atoms with Crippen molar-refractivity contribution in [3.8, 4) is 5.75 Å². The van der Waals surface area contributed by atoms with Gasteiger partial charge in [-0.25, -0.2) is 4.79 Å². The number of rotatable bonds is 3. The number of hydrogen-bond donors (Lipinski definition) is 2. The first-order valence-corrected chi connectivity index (χ1v) is 5.72. The summed E-state index contributed by atoms with van der Waals surface area (Å²) >= 11 is 0. The predicted molar refractivity (Wildman–Crippen MR) is 74.8 cm³/mol. The zero-order valence-corrected chi connectivity index (χ0v) is 10.9. The molecule has 2 aromatic carbocycles. The van der Waals surface area contributed by atoms with Crippen LogP contribution in [0.3, 0.4) is 0 Å². The Morgan fingerprint density at radius 3 is 1.82 bits per heavy atom. The van der Waals surface area contributed by atoms with E-state index in [2.05, 4.69) is 0 Å². The molecule has 0 aliphatic carbocycles. The average molecular weight is 306 g/mol. The number of aromatic carboxylic acids is 1. The van der Waals surface area contributed by atoms with E-state index in [1.165, 1.54) is 30.3 Å². The van der Waals surface area contributed by atoms with Gasteiger partial charge in [-0.15, -0.1) is 0 Å². The zero-order valence-electron chi connectivity index (χ0n) is 10.9. The van der Waals surface area contributed by atoms with Crippen LogP contribution in [0, 0.1) is 20.2 Å². The lowest BCUT2D eigenvalue weighted by atomic mass is 10.2. The predicted octanol–water partition coefficient (Wildman–Crippen LogP) is 2.59. The van der Waals surface area contributed by atoms with E-state index in [4.69, 9.17) is 10.2 Å². The molecular weight excluding hydrogens is 296 g/mol.